The minimum atomic E-state index is 0.713. The van der Waals surface area contributed by atoms with Crippen molar-refractivity contribution in [1.82, 2.24) is 10.2 Å². The van der Waals surface area contributed by atoms with Crippen molar-refractivity contribution in [2.75, 3.05) is 26.2 Å². The van der Waals surface area contributed by atoms with Crippen molar-refractivity contribution < 1.29 is 4.74 Å². The molecule has 0 bridgehead atoms. The van der Waals surface area contributed by atoms with Crippen LogP contribution in [-0.2, 0) is 17.9 Å². The minimum absolute atomic E-state index is 0.713. The molecule has 2 aromatic carbocycles. The van der Waals surface area contributed by atoms with Gasteiger partial charge in [0.2, 0.25) is 0 Å². The summed E-state index contributed by atoms with van der Waals surface area (Å²) in [5.74, 6) is 1.70. The van der Waals surface area contributed by atoms with E-state index in [1.165, 1.54) is 24.2 Å². The van der Waals surface area contributed by atoms with E-state index in [-0.39, 0.29) is 0 Å². The molecule has 24 heavy (non-hydrogen) atoms. The van der Waals surface area contributed by atoms with E-state index in [2.05, 4.69) is 64.8 Å². The lowest BCUT2D eigenvalue weighted by molar-refractivity contribution is 0.121. The van der Waals surface area contributed by atoms with Crippen molar-refractivity contribution in [2.24, 2.45) is 11.8 Å². The maximum Gasteiger partial charge on any atom is 0.0717 e. The fourth-order valence-electron chi connectivity index (χ4n) is 3.95. The fourth-order valence-corrected chi connectivity index (χ4v) is 3.95. The van der Waals surface area contributed by atoms with Gasteiger partial charge in [0.05, 0.1) is 13.2 Å². The van der Waals surface area contributed by atoms with Crippen LogP contribution in [0, 0.1) is 11.8 Å². The van der Waals surface area contributed by atoms with Crippen LogP contribution in [0.3, 0.4) is 0 Å². The standard InChI is InChI=1S/C21H26N2O/c1-3-7-17(8-4-1)13-23-14-19-20(15-23)21(19)22-11-12-24-16-18-9-5-2-6-10-18/h1-10,19-22H,11-16H2. The molecule has 0 radical (unpaired) electrons. The lowest BCUT2D eigenvalue weighted by Gasteiger charge is -2.20. The van der Waals surface area contributed by atoms with Crippen LogP contribution >= 0.6 is 0 Å². The van der Waals surface area contributed by atoms with Crippen LogP contribution in [-0.4, -0.2) is 37.2 Å². The molecule has 1 N–H and O–H groups in total. The Balaban J connectivity index is 1.10. The molecule has 0 amide bonds. The summed E-state index contributed by atoms with van der Waals surface area (Å²) in [6.45, 7) is 6.04. The number of fused-ring (bicyclic) bond motifs is 1. The van der Waals surface area contributed by atoms with Gasteiger partial charge in [-0.3, -0.25) is 4.90 Å². The van der Waals surface area contributed by atoms with E-state index in [1.807, 2.05) is 6.07 Å². The summed E-state index contributed by atoms with van der Waals surface area (Å²) in [4.78, 5) is 2.59. The average molecular weight is 322 g/mol. The molecule has 1 saturated heterocycles. The van der Waals surface area contributed by atoms with Crippen LogP contribution in [0.1, 0.15) is 11.1 Å². The van der Waals surface area contributed by atoms with E-state index in [0.717, 1.165) is 37.6 Å². The Morgan fingerprint density at radius 3 is 2.17 bits per heavy atom. The molecule has 3 nitrogen and oxygen atoms in total. The normalized spacial score (nSPS) is 25.6. The van der Waals surface area contributed by atoms with Crippen molar-refractivity contribution in [2.45, 2.75) is 19.2 Å². The third kappa shape index (κ3) is 3.86. The van der Waals surface area contributed by atoms with E-state index < -0.39 is 0 Å². The average Bonchev–Trinajstić information content (AvgIpc) is 3.08. The number of likely N-dealkylation sites (tertiary alicyclic amines) is 1. The van der Waals surface area contributed by atoms with Crippen molar-refractivity contribution in [1.29, 1.82) is 0 Å². The summed E-state index contributed by atoms with van der Waals surface area (Å²) in [6.07, 6.45) is 0. The fraction of sp³-hybridized carbons (Fsp3) is 0.429. The Morgan fingerprint density at radius 1 is 0.875 bits per heavy atom. The molecule has 3 heteroatoms. The molecule has 0 spiro atoms. The molecule has 1 saturated carbocycles. The summed E-state index contributed by atoms with van der Waals surface area (Å²) in [7, 11) is 0. The second-order valence-corrected chi connectivity index (χ2v) is 7.03. The van der Waals surface area contributed by atoms with Gasteiger partial charge in [-0.2, -0.15) is 0 Å². The van der Waals surface area contributed by atoms with Gasteiger partial charge in [0.15, 0.2) is 0 Å². The largest absolute Gasteiger partial charge is 0.375 e. The topological polar surface area (TPSA) is 24.5 Å². The maximum atomic E-state index is 5.75. The molecule has 2 aliphatic rings. The predicted molar refractivity (Wildman–Crippen MR) is 96.6 cm³/mol. The Hall–Kier alpha value is -1.68. The van der Waals surface area contributed by atoms with Gasteiger partial charge in [-0.05, 0) is 23.0 Å². The number of rotatable bonds is 8. The van der Waals surface area contributed by atoms with Crippen molar-refractivity contribution in [3.05, 3.63) is 71.8 Å². The van der Waals surface area contributed by atoms with Crippen LogP contribution < -0.4 is 5.32 Å². The highest BCUT2D eigenvalue weighted by molar-refractivity contribution is 5.17. The number of nitrogens with zero attached hydrogens (tertiary/aromatic N) is 1. The van der Waals surface area contributed by atoms with E-state index in [4.69, 9.17) is 4.74 Å². The SMILES string of the molecule is c1ccc(COCCNC2C3CN(Cc4ccccc4)CC32)cc1. The Labute approximate surface area is 144 Å². The molecule has 2 atom stereocenters. The summed E-state index contributed by atoms with van der Waals surface area (Å²) in [5, 5.41) is 3.68. The number of hydrogen-bond donors (Lipinski definition) is 1. The second-order valence-electron chi connectivity index (χ2n) is 7.03. The van der Waals surface area contributed by atoms with Gasteiger partial charge in [-0.1, -0.05) is 60.7 Å². The van der Waals surface area contributed by atoms with Crippen LogP contribution in [0.15, 0.2) is 60.7 Å². The molecule has 1 heterocycles. The third-order valence-corrected chi connectivity index (χ3v) is 5.26. The maximum absolute atomic E-state index is 5.75. The Bertz CT molecular complexity index is 619. The number of hydrogen-bond acceptors (Lipinski definition) is 3. The van der Waals surface area contributed by atoms with Gasteiger partial charge in [-0.25, -0.2) is 0 Å². The minimum Gasteiger partial charge on any atom is -0.375 e. The smallest absolute Gasteiger partial charge is 0.0717 e. The zero-order valence-corrected chi connectivity index (χ0v) is 14.1. The van der Waals surface area contributed by atoms with Crippen molar-refractivity contribution in [3.8, 4) is 0 Å². The summed E-state index contributed by atoms with van der Waals surface area (Å²) in [5.41, 5.74) is 2.68. The molecule has 1 aliphatic heterocycles. The molecule has 2 unspecified atom stereocenters. The van der Waals surface area contributed by atoms with Crippen LogP contribution in [0.25, 0.3) is 0 Å². The number of benzene rings is 2. The van der Waals surface area contributed by atoms with Crippen LogP contribution in [0.4, 0.5) is 0 Å². The highest BCUT2D eigenvalue weighted by Gasteiger charge is 2.54. The van der Waals surface area contributed by atoms with E-state index in [0.29, 0.717) is 6.61 Å². The lowest BCUT2D eigenvalue weighted by Crippen LogP contribution is -2.32. The van der Waals surface area contributed by atoms with E-state index in [1.54, 1.807) is 0 Å². The summed E-state index contributed by atoms with van der Waals surface area (Å²) >= 11 is 0. The molecule has 4 rings (SSSR count). The zero-order valence-electron chi connectivity index (χ0n) is 14.1. The molecule has 2 aromatic rings. The highest BCUT2D eigenvalue weighted by Crippen LogP contribution is 2.45. The quantitative estimate of drug-likeness (QED) is 0.756. The molecule has 0 aromatic heterocycles. The van der Waals surface area contributed by atoms with Gasteiger partial charge >= 0.3 is 0 Å². The zero-order chi connectivity index (χ0) is 16.2. The Kier molecular flexibility index (Phi) is 4.93. The van der Waals surface area contributed by atoms with E-state index in [9.17, 15) is 0 Å². The predicted octanol–water partition coefficient (Wildman–Crippen LogP) is 2.92. The van der Waals surface area contributed by atoms with Gasteiger partial charge < -0.3 is 10.1 Å². The lowest BCUT2D eigenvalue weighted by atomic mass is 10.2. The highest BCUT2D eigenvalue weighted by atomic mass is 16.5. The first-order chi connectivity index (χ1) is 11.9. The van der Waals surface area contributed by atoms with Crippen LogP contribution in [0.5, 0.6) is 0 Å². The third-order valence-electron chi connectivity index (χ3n) is 5.26. The van der Waals surface area contributed by atoms with E-state index >= 15 is 0 Å². The first-order valence-corrected chi connectivity index (χ1v) is 9.01. The monoisotopic (exact) mass is 322 g/mol. The number of nitrogens with one attached hydrogen (secondary N) is 1. The molecular formula is C21H26N2O. The van der Waals surface area contributed by atoms with Gasteiger partial charge in [0.25, 0.3) is 0 Å². The summed E-state index contributed by atoms with van der Waals surface area (Å²) < 4.78 is 5.75. The molecular weight excluding hydrogens is 296 g/mol. The van der Waals surface area contributed by atoms with Gasteiger partial charge in [-0.15, -0.1) is 0 Å². The first-order valence-electron chi connectivity index (χ1n) is 9.01. The van der Waals surface area contributed by atoms with Gasteiger partial charge in [0.1, 0.15) is 0 Å². The molecule has 1 aliphatic carbocycles. The Morgan fingerprint density at radius 2 is 1.50 bits per heavy atom. The van der Waals surface area contributed by atoms with Crippen LogP contribution in [0.2, 0.25) is 0 Å². The number of ether oxygens (including phenoxy) is 1. The molecule has 126 valence electrons. The second kappa shape index (κ2) is 7.47. The first kappa shape index (κ1) is 15.8. The van der Waals surface area contributed by atoms with Crippen molar-refractivity contribution in [3.63, 3.8) is 0 Å². The van der Waals surface area contributed by atoms with Crippen molar-refractivity contribution >= 4 is 0 Å². The molecule has 2 fully saturated rings. The number of piperidine rings is 1. The summed E-state index contributed by atoms with van der Waals surface area (Å²) in [6, 6.07) is 21.9. The van der Waals surface area contributed by atoms with Gasteiger partial charge in [0, 0.05) is 32.2 Å².